The number of nitrogens with one attached hydrogen (secondary N) is 1. The van der Waals surface area contributed by atoms with Gasteiger partial charge in [0.25, 0.3) is 5.91 Å². The standard InChI is InChI=1S/C12H16N2O3S/c1-4-5-13-12(16)8(2)17-11(15)6-10-7-18-9(3)14-10/h4,7-8H,1,5-6H2,2-3H3,(H,13,16). The first kappa shape index (κ1) is 14.4. The molecule has 1 aromatic rings. The fourth-order valence-electron chi connectivity index (χ4n) is 1.25. The molecule has 0 aromatic carbocycles. The number of aryl methyl sites for hydroxylation is 1. The molecule has 0 fully saturated rings. The maximum Gasteiger partial charge on any atom is 0.312 e. The van der Waals surface area contributed by atoms with Gasteiger partial charge in [0.2, 0.25) is 0 Å². The van der Waals surface area contributed by atoms with Gasteiger partial charge in [-0.1, -0.05) is 6.08 Å². The van der Waals surface area contributed by atoms with Gasteiger partial charge in [-0.3, -0.25) is 9.59 Å². The molecule has 0 aliphatic heterocycles. The monoisotopic (exact) mass is 268 g/mol. The van der Waals surface area contributed by atoms with Crippen LogP contribution in [0.1, 0.15) is 17.6 Å². The van der Waals surface area contributed by atoms with Gasteiger partial charge in [0.1, 0.15) is 0 Å². The number of hydrogen-bond acceptors (Lipinski definition) is 5. The van der Waals surface area contributed by atoms with Gasteiger partial charge in [0, 0.05) is 11.9 Å². The summed E-state index contributed by atoms with van der Waals surface area (Å²) < 4.78 is 5.00. The van der Waals surface area contributed by atoms with Crippen LogP contribution in [0.3, 0.4) is 0 Å². The molecule has 1 amide bonds. The second-order valence-corrected chi connectivity index (χ2v) is 4.76. The topological polar surface area (TPSA) is 68.3 Å². The van der Waals surface area contributed by atoms with E-state index >= 15 is 0 Å². The van der Waals surface area contributed by atoms with E-state index in [9.17, 15) is 9.59 Å². The summed E-state index contributed by atoms with van der Waals surface area (Å²) in [4.78, 5) is 27.2. The molecule has 0 aliphatic carbocycles. The Hall–Kier alpha value is -1.69. The average molecular weight is 268 g/mol. The molecule has 5 nitrogen and oxygen atoms in total. The quantitative estimate of drug-likeness (QED) is 0.622. The largest absolute Gasteiger partial charge is 0.452 e. The molecule has 1 N–H and O–H groups in total. The third-order valence-electron chi connectivity index (χ3n) is 2.09. The van der Waals surface area contributed by atoms with E-state index in [0.717, 1.165) is 5.01 Å². The van der Waals surface area contributed by atoms with Crippen molar-refractivity contribution in [3.63, 3.8) is 0 Å². The van der Waals surface area contributed by atoms with Crippen molar-refractivity contribution in [1.82, 2.24) is 10.3 Å². The summed E-state index contributed by atoms with van der Waals surface area (Å²) in [6.45, 7) is 7.23. The number of amides is 1. The molecule has 1 heterocycles. The lowest BCUT2D eigenvalue weighted by atomic mass is 10.3. The summed E-state index contributed by atoms with van der Waals surface area (Å²) in [5, 5.41) is 5.26. The molecular formula is C12H16N2O3S. The zero-order valence-corrected chi connectivity index (χ0v) is 11.3. The zero-order valence-electron chi connectivity index (χ0n) is 10.4. The Morgan fingerprint density at radius 1 is 1.67 bits per heavy atom. The fraction of sp³-hybridized carbons (Fsp3) is 0.417. The molecule has 1 rings (SSSR count). The van der Waals surface area contributed by atoms with Crippen LogP contribution in [0, 0.1) is 6.92 Å². The summed E-state index contributed by atoms with van der Waals surface area (Å²) >= 11 is 1.47. The molecule has 6 heteroatoms. The second-order valence-electron chi connectivity index (χ2n) is 3.70. The number of nitrogens with zero attached hydrogens (tertiary/aromatic N) is 1. The van der Waals surface area contributed by atoms with E-state index in [4.69, 9.17) is 4.74 Å². The van der Waals surface area contributed by atoms with Crippen LogP contribution < -0.4 is 5.32 Å². The Kier molecular flexibility index (Phi) is 5.51. The number of carbonyl (C=O) groups is 2. The van der Waals surface area contributed by atoms with Crippen LogP contribution in [0.4, 0.5) is 0 Å². The van der Waals surface area contributed by atoms with Gasteiger partial charge >= 0.3 is 5.97 Å². The fourth-order valence-corrected chi connectivity index (χ4v) is 1.86. The van der Waals surface area contributed by atoms with Gasteiger partial charge in [-0.05, 0) is 13.8 Å². The minimum absolute atomic E-state index is 0.0867. The molecule has 0 radical (unpaired) electrons. The summed E-state index contributed by atoms with van der Waals surface area (Å²) in [6, 6.07) is 0. The third-order valence-corrected chi connectivity index (χ3v) is 2.91. The number of carbonyl (C=O) groups excluding carboxylic acids is 2. The Bertz CT molecular complexity index is 442. The van der Waals surface area contributed by atoms with Gasteiger partial charge < -0.3 is 10.1 Å². The number of rotatable bonds is 6. The first-order chi connectivity index (χ1) is 8.52. The van der Waals surface area contributed by atoms with E-state index in [1.807, 2.05) is 6.92 Å². The van der Waals surface area contributed by atoms with Crippen LogP contribution >= 0.6 is 11.3 Å². The molecule has 0 spiro atoms. The van der Waals surface area contributed by atoms with Gasteiger partial charge in [0.05, 0.1) is 17.1 Å². The van der Waals surface area contributed by atoms with E-state index < -0.39 is 12.1 Å². The molecule has 0 saturated carbocycles. The predicted octanol–water partition coefficient (Wildman–Crippen LogP) is 1.23. The molecule has 1 aromatic heterocycles. The molecule has 0 bridgehead atoms. The summed E-state index contributed by atoms with van der Waals surface area (Å²) in [6.07, 6.45) is 0.839. The highest BCUT2D eigenvalue weighted by Crippen LogP contribution is 2.09. The predicted molar refractivity (Wildman–Crippen MR) is 69.3 cm³/mol. The van der Waals surface area contributed by atoms with Crippen molar-refractivity contribution in [2.45, 2.75) is 26.4 Å². The number of ether oxygens (including phenoxy) is 1. The molecule has 18 heavy (non-hydrogen) atoms. The Labute approximate surface area is 110 Å². The van der Waals surface area contributed by atoms with Gasteiger partial charge in [-0.2, -0.15) is 0 Å². The highest BCUT2D eigenvalue weighted by molar-refractivity contribution is 7.09. The molecule has 0 saturated heterocycles. The molecule has 0 aliphatic rings. The van der Waals surface area contributed by atoms with Crippen LogP contribution in [0.2, 0.25) is 0 Å². The minimum Gasteiger partial charge on any atom is -0.452 e. The van der Waals surface area contributed by atoms with E-state index in [-0.39, 0.29) is 12.3 Å². The molecular weight excluding hydrogens is 252 g/mol. The molecule has 98 valence electrons. The molecule has 1 atom stereocenters. The highest BCUT2D eigenvalue weighted by Gasteiger charge is 2.17. The highest BCUT2D eigenvalue weighted by atomic mass is 32.1. The lowest BCUT2D eigenvalue weighted by Crippen LogP contribution is -2.36. The second kappa shape index (κ2) is 6.90. The van der Waals surface area contributed by atoms with Crippen molar-refractivity contribution in [3.8, 4) is 0 Å². The maximum absolute atomic E-state index is 11.6. The van der Waals surface area contributed by atoms with Crippen LogP contribution in [0.15, 0.2) is 18.0 Å². The van der Waals surface area contributed by atoms with Crippen LogP contribution in [0.5, 0.6) is 0 Å². The lowest BCUT2D eigenvalue weighted by Gasteiger charge is -2.12. The number of thiazole rings is 1. The number of aromatic nitrogens is 1. The SMILES string of the molecule is C=CCNC(=O)C(C)OC(=O)Cc1csc(C)n1. The van der Waals surface area contributed by atoms with Crippen LogP contribution in [-0.2, 0) is 20.7 Å². The summed E-state index contributed by atoms with van der Waals surface area (Å²) in [5.74, 6) is -0.792. The molecule has 1 unspecified atom stereocenters. The minimum atomic E-state index is -0.808. The van der Waals surface area contributed by atoms with E-state index in [1.165, 1.54) is 18.3 Å². The summed E-state index contributed by atoms with van der Waals surface area (Å²) in [7, 11) is 0. The number of hydrogen-bond donors (Lipinski definition) is 1. The maximum atomic E-state index is 11.6. The van der Waals surface area contributed by atoms with Crippen molar-refractivity contribution >= 4 is 23.2 Å². The number of esters is 1. The Balaban J connectivity index is 2.39. The van der Waals surface area contributed by atoms with Crippen molar-refractivity contribution in [1.29, 1.82) is 0 Å². The lowest BCUT2D eigenvalue weighted by molar-refractivity contribution is -0.154. The summed E-state index contributed by atoms with van der Waals surface area (Å²) in [5.41, 5.74) is 0.668. The van der Waals surface area contributed by atoms with E-state index in [2.05, 4.69) is 16.9 Å². The average Bonchev–Trinajstić information content (AvgIpc) is 2.71. The van der Waals surface area contributed by atoms with Crippen molar-refractivity contribution in [2.75, 3.05) is 6.54 Å². The van der Waals surface area contributed by atoms with Crippen LogP contribution in [0.25, 0.3) is 0 Å². The first-order valence-corrected chi connectivity index (χ1v) is 6.40. The Morgan fingerprint density at radius 3 is 2.94 bits per heavy atom. The van der Waals surface area contributed by atoms with Crippen LogP contribution in [-0.4, -0.2) is 29.5 Å². The first-order valence-electron chi connectivity index (χ1n) is 5.52. The van der Waals surface area contributed by atoms with Crippen molar-refractivity contribution in [3.05, 3.63) is 28.7 Å². The zero-order chi connectivity index (χ0) is 13.5. The normalized spacial score (nSPS) is 11.7. The van der Waals surface area contributed by atoms with Crippen molar-refractivity contribution in [2.24, 2.45) is 0 Å². The van der Waals surface area contributed by atoms with E-state index in [1.54, 1.807) is 11.5 Å². The van der Waals surface area contributed by atoms with Gasteiger partial charge in [-0.25, -0.2) is 4.98 Å². The Morgan fingerprint density at radius 2 is 2.39 bits per heavy atom. The smallest absolute Gasteiger partial charge is 0.312 e. The van der Waals surface area contributed by atoms with Gasteiger partial charge in [-0.15, -0.1) is 17.9 Å². The third kappa shape index (κ3) is 4.67. The van der Waals surface area contributed by atoms with E-state index in [0.29, 0.717) is 12.2 Å². The van der Waals surface area contributed by atoms with Gasteiger partial charge in [0.15, 0.2) is 6.10 Å². The van der Waals surface area contributed by atoms with Crippen molar-refractivity contribution < 1.29 is 14.3 Å².